The molecule has 0 saturated carbocycles. The fraction of sp³-hybridized carbons (Fsp3) is 0.643. The summed E-state index contributed by atoms with van der Waals surface area (Å²) >= 11 is 0. The number of carbonyl (C=O) groups excluding carboxylic acids is 4. The normalized spacial score (nSPS) is 12.7. The van der Waals surface area contributed by atoms with E-state index in [1.54, 1.807) is 6.92 Å². The summed E-state index contributed by atoms with van der Waals surface area (Å²) in [5.74, 6) is -1.18. The Morgan fingerprint density at radius 1 is 0.895 bits per heavy atom. The second kappa shape index (κ2) is 20.9. The number of alkyl carbamates (subject to hydrolysis) is 1. The van der Waals surface area contributed by atoms with Gasteiger partial charge in [-0.1, -0.05) is 77.8 Å². The van der Waals surface area contributed by atoms with Crippen molar-refractivity contribution in [1.82, 2.24) is 21.3 Å². The van der Waals surface area contributed by atoms with E-state index >= 15 is 0 Å². The van der Waals surface area contributed by atoms with Crippen LogP contribution in [0.3, 0.4) is 0 Å². The van der Waals surface area contributed by atoms with Gasteiger partial charge >= 0.3 is 6.09 Å². The van der Waals surface area contributed by atoms with E-state index in [0.717, 1.165) is 5.56 Å². The van der Waals surface area contributed by atoms with Crippen LogP contribution in [0, 0.1) is 5.92 Å². The van der Waals surface area contributed by atoms with Crippen molar-refractivity contribution in [3.63, 3.8) is 0 Å². The van der Waals surface area contributed by atoms with E-state index in [0.29, 0.717) is 19.3 Å². The summed E-state index contributed by atoms with van der Waals surface area (Å²) in [6.07, 6.45) is 2.41. The molecule has 216 valence electrons. The molecule has 5 N–H and O–H groups in total. The summed E-state index contributed by atoms with van der Waals surface area (Å²) in [5, 5.41) is 20.0. The Morgan fingerprint density at radius 3 is 2.05 bits per heavy atom. The molecule has 4 amide bonds. The smallest absolute Gasteiger partial charge is 0.407 e. The first-order valence-corrected chi connectivity index (χ1v) is 13.6. The minimum absolute atomic E-state index is 0.156. The van der Waals surface area contributed by atoms with Crippen LogP contribution in [0.4, 0.5) is 4.79 Å². The monoisotopic (exact) mass is 536 g/mol. The Kier molecular flexibility index (Phi) is 19.1. The molecule has 38 heavy (non-hydrogen) atoms. The zero-order chi connectivity index (χ0) is 28.9. The van der Waals surface area contributed by atoms with Crippen molar-refractivity contribution in [2.75, 3.05) is 19.8 Å². The van der Waals surface area contributed by atoms with Crippen LogP contribution < -0.4 is 21.3 Å². The average Bonchev–Trinajstić information content (AvgIpc) is 2.87. The van der Waals surface area contributed by atoms with Crippen LogP contribution in [0.15, 0.2) is 30.3 Å². The van der Waals surface area contributed by atoms with Gasteiger partial charge < -0.3 is 31.1 Å². The maximum absolute atomic E-state index is 12.8. The first-order valence-electron chi connectivity index (χ1n) is 13.6. The highest BCUT2D eigenvalue weighted by Gasteiger charge is 2.25. The van der Waals surface area contributed by atoms with E-state index in [1.165, 1.54) is 6.42 Å². The fourth-order valence-electron chi connectivity index (χ4n) is 3.52. The second-order valence-electron chi connectivity index (χ2n) is 9.46. The lowest BCUT2D eigenvalue weighted by Crippen LogP contribution is -2.54. The highest BCUT2D eigenvalue weighted by Crippen LogP contribution is 2.06. The summed E-state index contributed by atoms with van der Waals surface area (Å²) in [4.78, 5) is 49.8. The molecule has 0 aliphatic carbocycles. The van der Waals surface area contributed by atoms with Crippen LogP contribution >= 0.6 is 0 Å². The van der Waals surface area contributed by atoms with Gasteiger partial charge in [-0.2, -0.15) is 0 Å². The summed E-state index contributed by atoms with van der Waals surface area (Å²) in [6, 6.07) is 7.01. The van der Waals surface area contributed by atoms with E-state index in [-0.39, 0.29) is 38.0 Å². The number of hydrogen-bond donors (Lipinski definition) is 5. The molecule has 0 bridgehead atoms. The molecule has 0 aromatic heterocycles. The Bertz CT molecular complexity index is 819. The van der Waals surface area contributed by atoms with E-state index in [1.807, 2.05) is 51.1 Å². The van der Waals surface area contributed by atoms with Gasteiger partial charge in [-0.05, 0) is 31.2 Å². The molecule has 10 heteroatoms. The molecular weight excluding hydrogens is 488 g/mol. The van der Waals surface area contributed by atoms with Crippen molar-refractivity contribution in [2.24, 2.45) is 5.92 Å². The van der Waals surface area contributed by atoms with Gasteiger partial charge in [0.15, 0.2) is 0 Å². The topological polar surface area (TPSA) is 146 Å². The number of carbonyl (C=O) groups is 4. The lowest BCUT2D eigenvalue weighted by Gasteiger charge is -2.23. The Hall–Kier alpha value is -3.14. The molecule has 0 spiro atoms. The van der Waals surface area contributed by atoms with Crippen LogP contribution in [0.5, 0.6) is 0 Å². The number of nitrogens with one attached hydrogen (secondary N) is 4. The summed E-state index contributed by atoms with van der Waals surface area (Å²) in [6.45, 7) is 11.4. The molecule has 1 aromatic rings. The molecule has 1 rings (SSSR count). The average molecular weight is 537 g/mol. The van der Waals surface area contributed by atoms with Crippen molar-refractivity contribution < 1.29 is 29.0 Å². The SMILES string of the molecule is CCC.CCC[C@H](NC(=O)CNC(=O)[C@H](Cc1ccccc1)NC(=O)OCC)C(=O)NC(CO)CC(C)C. The zero-order valence-corrected chi connectivity index (χ0v) is 23.8. The summed E-state index contributed by atoms with van der Waals surface area (Å²) in [5.41, 5.74) is 0.827. The Morgan fingerprint density at radius 2 is 1.53 bits per heavy atom. The van der Waals surface area contributed by atoms with Gasteiger partial charge in [0, 0.05) is 6.42 Å². The highest BCUT2D eigenvalue weighted by atomic mass is 16.5. The largest absolute Gasteiger partial charge is 0.450 e. The molecule has 0 heterocycles. The standard InChI is InChI=1S/C25H40N4O6.C3H8/c1-5-10-20(24(33)27-19(16-30)13-17(3)4)28-22(31)15-26-23(32)21(29-25(34)35-6-2)14-18-11-8-7-9-12-18;1-3-2/h7-9,11-12,17,19-21,30H,5-6,10,13-16H2,1-4H3,(H,26,32)(H,27,33)(H,28,31)(H,29,34);3H2,1-2H3/t19?,20-,21-;/m0./s1. The lowest BCUT2D eigenvalue weighted by atomic mass is 10.0. The lowest BCUT2D eigenvalue weighted by molar-refractivity contribution is -0.130. The van der Waals surface area contributed by atoms with E-state index in [9.17, 15) is 24.3 Å². The van der Waals surface area contributed by atoms with Crippen molar-refractivity contribution >= 4 is 23.8 Å². The predicted molar refractivity (Wildman–Crippen MR) is 148 cm³/mol. The first kappa shape index (κ1) is 34.9. The molecule has 1 unspecified atom stereocenters. The number of rotatable bonds is 15. The van der Waals surface area contributed by atoms with Crippen molar-refractivity contribution in [2.45, 2.75) is 91.8 Å². The van der Waals surface area contributed by atoms with Crippen LogP contribution in [0.1, 0.15) is 72.8 Å². The van der Waals surface area contributed by atoms with Crippen LogP contribution in [0.25, 0.3) is 0 Å². The van der Waals surface area contributed by atoms with Gasteiger partial charge in [-0.25, -0.2) is 4.79 Å². The highest BCUT2D eigenvalue weighted by molar-refractivity contribution is 5.92. The summed E-state index contributed by atoms with van der Waals surface area (Å²) in [7, 11) is 0. The molecule has 3 atom stereocenters. The Balaban J connectivity index is 0.00000434. The van der Waals surface area contributed by atoms with Gasteiger partial charge in [0.1, 0.15) is 12.1 Å². The van der Waals surface area contributed by atoms with Gasteiger partial charge in [0.25, 0.3) is 0 Å². The minimum atomic E-state index is -0.944. The number of benzene rings is 1. The van der Waals surface area contributed by atoms with E-state index in [4.69, 9.17) is 4.74 Å². The minimum Gasteiger partial charge on any atom is -0.450 e. The van der Waals surface area contributed by atoms with Crippen LogP contribution in [-0.4, -0.2) is 66.8 Å². The molecular formula is C28H48N4O6. The second-order valence-corrected chi connectivity index (χ2v) is 9.46. The van der Waals surface area contributed by atoms with Crippen LogP contribution in [0.2, 0.25) is 0 Å². The van der Waals surface area contributed by atoms with Crippen LogP contribution in [-0.2, 0) is 25.5 Å². The third-order valence-electron chi connectivity index (χ3n) is 5.14. The third-order valence-corrected chi connectivity index (χ3v) is 5.14. The number of amides is 4. The van der Waals surface area contributed by atoms with Crippen molar-refractivity contribution in [3.8, 4) is 0 Å². The van der Waals surface area contributed by atoms with Gasteiger partial charge in [0.2, 0.25) is 17.7 Å². The van der Waals surface area contributed by atoms with E-state index in [2.05, 4.69) is 35.1 Å². The quantitative estimate of drug-likeness (QED) is 0.233. The van der Waals surface area contributed by atoms with Gasteiger partial charge in [-0.15, -0.1) is 0 Å². The van der Waals surface area contributed by atoms with Crippen molar-refractivity contribution in [1.29, 1.82) is 0 Å². The first-order chi connectivity index (χ1) is 18.1. The molecule has 0 radical (unpaired) electrons. The number of aliphatic hydroxyl groups excluding tert-OH is 1. The molecule has 0 fully saturated rings. The molecule has 0 saturated heterocycles. The molecule has 10 nitrogen and oxygen atoms in total. The maximum atomic E-state index is 12.8. The Labute approximate surface area is 227 Å². The van der Waals surface area contributed by atoms with Gasteiger partial charge in [-0.3, -0.25) is 14.4 Å². The summed E-state index contributed by atoms with van der Waals surface area (Å²) < 4.78 is 4.88. The number of ether oxygens (including phenoxy) is 1. The third kappa shape index (κ3) is 15.9. The molecule has 0 aliphatic heterocycles. The number of hydrogen-bond acceptors (Lipinski definition) is 6. The predicted octanol–water partition coefficient (Wildman–Crippen LogP) is 2.68. The van der Waals surface area contributed by atoms with Crippen molar-refractivity contribution in [3.05, 3.63) is 35.9 Å². The molecule has 0 aliphatic rings. The van der Waals surface area contributed by atoms with E-state index < -0.39 is 36.0 Å². The zero-order valence-electron chi connectivity index (χ0n) is 23.8. The maximum Gasteiger partial charge on any atom is 0.407 e. The number of aliphatic hydroxyl groups is 1. The molecule has 1 aromatic carbocycles. The fourth-order valence-corrected chi connectivity index (χ4v) is 3.52. The van der Waals surface area contributed by atoms with Gasteiger partial charge in [0.05, 0.1) is 25.8 Å².